The summed E-state index contributed by atoms with van der Waals surface area (Å²) in [6, 6.07) is 5.79. The van der Waals surface area contributed by atoms with Crippen molar-refractivity contribution in [3.05, 3.63) is 28.2 Å². The van der Waals surface area contributed by atoms with Gasteiger partial charge < -0.3 is 5.73 Å². The number of amidine groups is 1. The molecule has 0 saturated carbocycles. The highest BCUT2D eigenvalue weighted by Gasteiger charge is 2.03. The van der Waals surface area contributed by atoms with Gasteiger partial charge in [-0.15, -0.1) is 11.8 Å². The molecule has 0 amide bonds. The first-order valence-corrected chi connectivity index (χ1v) is 8.79. The Labute approximate surface area is 133 Å². The zero-order valence-corrected chi connectivity index (χ0v) is 14.2. The monoisotopic (exact) mass is 336 g/mol. The van der Waals surface area contributed by atoms with Crippen molar-refractivity contribution >= 4 is 51.9 Å². The van der Waals surface area contributed by atoms with Gasteiger partial charge in [0.1, 0.15) is 0 Å². The number of benzene rings is 1. The Bertz CT molecular complexity index is 439. The average Bonchev–Trinajstić information content (AvgIpc) is 2.38. The van der Waals surface area contributed by atoms with Gasteiger partial charge >= 0.3 is 0 Å². The van der Waals surface area contributed by atoms with E-state index in [2.05, 4.69) is 18.8 Å². The largest absolute Gasteiger partial charge is 0.379 e. The summed E-state index contributed by atoms with van der Waals surface area (Å²) in [6.07, 6.45) is 1.01. The molecule has 1 aromatic rings. The van der Waals surface area contributed by atoms with Gasteiger partial charge in [0.2, 0.25) is 0 Å². The fourth-order valence-corrected chi connectivity index (χ4v) is 3.52. The van der Waals surface area contributed by atoms with E-state index < -0.39 is 0 Å². The predicted octanol–water partition coefficient (Wildman–Crippen LogP) is 4.93. The van der Waals surface area contributed by atoms with Gasteiger partial charge in [-0.2, -0.15) is 0 Å². The van der Waals surface area contributed by atoms with E-state index >= 15 is 0 Å². The van der Waals surface area contributed by atoms with Crippen LogP contribution in [0.3, 0.4) is 0 Å². The lowest BCUT2D eigenvalue weighted by molar-refractivity contribution is 0.718. The van der Waals surface area contributed by atoms with Crippen molar-refractivity contribution in [2.75, 3.05) is 11.5 Å². The van der Waals surface area contributed by atoms with Crippen LogP contribution in [0.2, 0.25) is 10.0 Å². The predicted molar refractivity (Wildman–Crippen MR) is 91.0 cm³/mol. The van der Waals surface area contributed by atoms with Gasteiger partial charge in [-0.25, -0.2) is 0 Å². The second kappa shape index (κ2) is 9.01. The molecule has 0 saturated heterocycles. The van der Waals surface area contributed by atoms with E-state index in [0.717, 1.165) is 27.8 Å². The van der Waals surface area contributed by atoms with E-state index in [1.165, 1.54) is 0 Å². The fourth-order valence-electron chi connectivity index (χ4n) is 1.23. The number of halogens is 2. The molecule has 0 unspecified atom stereocenters. The Morgan fingerprint density at radius 1 is 1.37 bits per heavy atom. The van der Waals surface area contributed by atoms with Crippen molar-refractivity contribution in [2.45, 2.75) is 31.2 Å². The minimum absolute atomic E-state index is 0.294. The molecule has 0 spiro atoms. The standard InChI is InChI=1S/C13H18Cl2N2S2/c1-3-9(2)17-13(16)19-7-6-18-12-8-10(14)4-5-11(12)15/h4-5,8-9H,3,6-7H2,1-2H3,(H2,16,17)/t9-/m1/s1. The van der Waals surface area contributed by atoms with Crippen LogP contribution in [-0.2, 0) is 0 Å². The lowest BCUT2D eigenvalue weighted by Gasteiger charge is -2.06. The summed E-state index contributed by atoms with van der Waals surface area (Å²) in [4.78, 5) is 5.38. The Morgan fingerprint density at radius 3 is 2.79 bits per heavy atom. The van der Waals surface area contributed by atoms with Crippen molar-refractivity contribution in [3.63, 3.8) is 0 Å². The maximum atomic E-state index is 6.09. The van der Waals surface area contributed by atoms with E-state index in [9.17, 15) is 0 Å². The van der Waals surface area contributed by atoms with E-state index in [1.54, 1.807) is 29.6 Å². The number of nitrogens with two attached hydrogens (primary N) is 1. The molecule has 0 aliphatic heterocycles. The number of aliphatic imine (C=N–C) groups is 1. The molecule has 0 fully saturated rings. The molecule has 0 heterocycles. The highest BCUT2D eigenvalue weighted by molar-refractivity contribution is 8.14. The molecule has 19 heavy (non-hydrogen) atoms. The van der Waals surface area contributed by atoms with Gasteiger partial charge in [-0.3, -0.25) is 4.99 Å². The summed E-state index contributed by atoms with van der Waals surface area (Å²) in [5, 5.41) is 2.10. The number of rotatable bonds is 6. The molecule has 106 valence electrons. The van der Waals surface area contributed by atoms with Gasteiger partial charge in [0.25, 0.3) is 0 Å². The zero-order chi connectivity index (χ0) is 14.3. The van der Waals surface area contributed by atoms with E-state index in [-0.39, 0.29) is 0 Å². The molecule has 1 atom stereocenters. The van der Waals surface area contributed by atoms with E-state index in [1.807, 2.05) is 12.1 Å². The SMILES string of the molecule is CC[C@@H](C)N=C(N)SCCSc1cc(Cl)ccc1Cl. The molecule has 0 aliphatic carbocycles. The van der Waals surface area contributed by atoms with Gasteiger partial charge in [0.15, 0.2) is 5.17 Å². The van der Waals surface area contributed by atoms with Crippen LogP contribution >= 0.6 is 46.7 Å². The molecule has 6 heteroatoms. The molecular formula is C13H18Cl2N2S2. The Morgan fingerprint density at radius 2 is 2.11 bits per heavy atom. The summed E-state index contributed by atoms with van der Waals surface area (Å²) >= 11 is 15.3. The number of nitrogens with zero attached hydrogens (tertiary/aromatic N) is 1. The van der Waals surface area contributed by atoms with Gasteiger partial charge in [0.05, 0.1) is 5.02 Å². The smallest absolute Gasteiger partial charge is 0.154 e. The third-order valence-corrected chi connectivity index (χ3v) is 5.22. The second-order valence-corrected chi connectivity index (χ2v) is 7.09. The molecule has 1 rings (SSSR count). The van der Waals surface area contributed by atoms with Crippen molar-refractivity contribution in [1.29, 1.82) is 0 Å². The van der Waals surface area contributed by atoms with Crippen molar-refractivity contribution < 1.29 is 0 Å². The molecule has 0 bridgehead atoms. The van der Waals surface area contributed by atoms with Crippen LogP contribution in [0.4, 0.5) is 0 Å². The fraction of sp³-hybridized carbons (Fsp3) is 0.462. The maximum Gasteiger partial charge on any atom is 0.154 e. The first kappa shape index (κ1) is 17.0. The normalized spacial score (nSPS) is 13.6. The Balaban J connectivity index is 2.35. The van der Waals surface area contributed by atoms with E-state index in [0.29, 0.717) is 16.2 Å². The third-order valence-electron chi connectivity index (χ3n) is 2.42. The third kappa shape index (κ3) is 6.80. The second-order valence-electron chi connectivity index (χ2n) is 4.00. The van der Waals surface area contributed by atoms with Crippen LogP contribution in [0.25, 0.3) is 0 Å². The Kier molecular flexibility index (Phi) is 8.07. The highest BCUT2D eigenvalue weighted by Crippen LogP contribution is 2.30. The van der Waals surface area contributed by atoms with Crippen LogP contribution in [0.15, 0.2) is 28.1 Å². The van der Waals surface area contributed by atoms with Crippen molar-refractivity contribution in [2.24, 2.45) is 10.7 Å². The zero-order valence-electron chi connectivity index (χ0n) is 11.0. The number of hydrogen-bond donors (Lipinski definition) is 1. The quantitative estimate of drug-likeness (QED) is 0.346. The summed E-state index contributed by atoms with van der Waals surface area (Å²) in [6.45, 7) is 4.16. The molecule has 1 aromatic carbocycles. The molecule has 0 radical (unpaired) electrons. The van der Waals surface area contributed by atoms with Crippen LogP contribution in [0, 0.1) is 0 Å². The highest BCUT2D eigenvalue weighted by atomic mass is 35.5. The van der Waals surface area contributed by atoms with Crippen LogP contribution in [-0.4, -0.2) is 22.7 Å². The van der Waals surface area contributed by atoms with E-state index in [4.69, 9.17) is 28.9 Å². The molecule has 0 aliphatic rings. The van der Waals surface area contributed by atoms with Crippen LogP contribution < -0.4 is 5.73 Å². The lowest BCUT2D eigenvalue weighted by Crippen LogP contribution is -2.12. The minimum Gasteiger partial charge on any atom is -0.379 e. The maximum absolute atomic E-state index is 6.09. The van der Waals surface area contributed by atoms with Crippen molar-refractivity contribution in [1.82, 2.24) is 0 Å². The molecule has 2 nitrogen and oxygen atoms in total. The molecular weight excluding hydrogens is 319 g/mol. The van der Waals surface area contributed by atoms with Crippen LogP contribution in [0.5, 0.6) is 0 Å². The van der Waals surface area contributed by atoms with Gasteiger partial charge in [0, 0.05) is 27.5 Å². The average molecular weight is 337 g/mol. The summed E-state index contributed by atoms with van der Waals surface area (Å²) < 4.78 is 0. The number of hydrogen-bond acceptors (Lipinski definition) is 3. The molecule has 2 N–H and O–H groups in total. The first-order chi connectivity index (χ1) is 9.02. The first-order valence-electron chi connectivity index (χ1n) is 6.06. The van der Waals surface area contributed by atoms with Gasteiger partial charge in [-0.05, 0) is 31.5 Å². The topological polar surface area (TPSA) is 38.4 Å². The van der Waals surface area contributed by atoms with Crippen molar-refractivity contribution in [3.8, 4) is 0 Å². The van der Waals surface area contributed by atoms with Crippen LogP contribution in [0.1, 0.15) is 20.3 Å². The lowest BCUT2D eigenvalue weighted by atomic mass is 10.3. The van der Waals surface area contributed by atoms with Gasteiger partial charge in [-0.1, -0.05) is 41.9 Å². The summed E-state index contributed by atoms with van der Waals surface area (Å²) in [5.74, 6) is 1.82. The number of thioether (sulfide) groups is 2. The minimum atomic E-state index is 0.294. The Hall–Kier alpha value is -0.0300. The molecule has 0 aromatic heterocycles. The summed E-state index contributed by atoms with van der Waals surface area (Å²) in [5.41, 5.74) is 5.84. The summed E-state index contributed by atoms with van der Waals surface area (Å²) in [7, 11) is 0.